The molecule has 1 aliphatic rings. The molecule has 0 radical (unpaired) electrons. The normalized spacial score (nSPS) is 15.9. The van der Waals surface area contributed by atoms with Gasteiger partial charge < -0.3 is 15.4 Å². The van der Waals surface area contributed by atoms with Gasteiger partial charge in [0.2, 0.25) is 0 Å². The van der Waals surface area contributed by atoms with E-state index < -0.39 is 5.60 Å². The third-order valence-corrected chi connectivity index (χ3v) is 6.28. The Kier molecular flexibility index (Phi) is 3.93. The monoisotopic (exact) mass is 368 g/mol. The zero-order valence-electron chi connectivity index (χ0n) is 14.9. The van der Waals surface area contributed by atoms with Crippen LogP contribution in [0.2, 0.25) is 0 Å². The molecule has 1 amide bonds. The number of hydrogen-bond acceptors (Lipinski definition) is 6. The summed E-state index contributed by atoms with van der Waals surface area (Å²) in [6.45, 7) is 4.86. The van der Waals surface area contributed by atoms with Crippen molar-refractivity contribution in [1.29, 1.82) is 0 Å². The van der Waals surface area contributed by atoms with Crippen LogP contribution < -0.4 is 5.73 Å². The maximum Gasteiger partial charge on any atom is 0.266 e. The fourth-order valence-corrected chi connectivity index (χ4v) is 4.50. The second kappa shape index (κ2) is 6.03. The van der Waals surface area contributed by atoms with Gasteiger partial charge in [-0.05, 0) is 25.0 Å². The van der Waals surface area contributed by atoms with Crippen LogP contribution in [0.25, 0.3) is 10.2 Å². The van der Waals surface area contributed by atoms with Gasteiger partial charge in [0, 0.05) is 12.5 Å². The Morgan fingerprint density at radius 3 is 2.58 bits per heavy atom. The van der Waals surface area contributed by atoms with Crippen molar-refractivity contribution in [3.05, 3.63) is 52.0 Å². The molecule has 2 aromatic heterocycles. The fraction of sp³-hybridized carbons (Fsp3) is 0.316. The summed E-state index contributed by atoms with van der Waals surface area (Å²) in [6.07, 6.45) is 0. The SMILES string of the molecule is COC1(c2ccccc2)CN(C(=O)c2sc3nnc(C)c(C)c3c2N)C1. The van der Waals surface area contributed by atoms with Crippen molar-refractivity contribution < 1.29 is 9.53 Å². The van der Waals surface area contributed by atoms with Gasteiger partial charge in [-0.1, -0.05) is 30.3 Å². The molecule has 1 saturated heterocycles. The summed E-state index contributed by atoms with van der Waals surface area (Å²) in [5.74, 6) is -0.0776. The smallest absolute Gasteiger partial charge is 0.266 e. The average Bonchev–Trinajstić information content (AvgIpc) is 2.96. The highest BCUT2D eigenvalue weighted by Gasteiger charge is 2.47. The van der Waals surface area contributed by atoms with Crippen LogP contribution in [0.5, 0.6) is 0 Å². The predicted molar refractivity (Wildman–Crippen MR) is 102 cm³/mol. The van der Waals surface area contributed by atoms with Gasteiger partial charge >= 0.3 is 0 Å². The van der Waals surface area contributed by atoms with E-state index in [1.165, 1.54) is 11.3 Å². The van der Waals surface area contributed by atoms with Crippen LogP contribution in [0.15, 0.2) is 30.3 Å². The predicted octanol–water partition coefficient (Wildman–Crippen LogP) is 2.89. The molecule has 134 valence electrons. The summed E-state index contributed by atoms with van der Waals surface area (Å²) in [5.41, 5.74) is 9.23. The number of aromatic nitrogens is 2. The molecule has 0 unspecified atom stereocenters. The van der Waals surface area contributed by atoms with Gasteiger partial charge in [-0.3, -0.25) is 4.79 Å². The van der Waals surface area contributed by atoms with Crippen molar-refractivity contribution in [1.82, 2.24) is 15.1 Å². The highest BCUT2D eigenvalue weighted by molar-refractivity contribution is 7.21. The quantitative estimate of drug-likeness (QED) is 0.769. The summed E-state index contributed by atoms with van der Waals surface area (Å²) >= 11 is 1.31. The summed E-state index contributed by atoms with van der Waals surface area (Å²) in [6, 6.07) is 9.99. The molecule has 4 rings (SSSR count). The van der Waals surface area contributed by atoms with Crippen molar-refractivity contribution in [2.24, 2.45) is 0 Å². The topological polar surface area (TPSA) is 81.3 Å². The summed E-state index contributed by atoms with van der Waals surface area (Å²) in [5, 5.41) is 9.17. The average molecular weight is 368 g/mol. The number of nitrogens with two attached hydrogens (primary N) is 1. The van der Waals surface area contributed by atoms with E-state index in [2.05, 4.69) is 10.2 Å². The first kappa shape index (κ1) is 16.9. The number of hydrogen-bond donors (Lipinski definition) is 1. The highest BCUT2D eigenvalue weighted by atomic mass is 32.1. The van der Waals surface area contributed by atoms with E-state index in [-0.39, 0.29) is 5.91 Å². The third-order valence-electron chi connectivity index (χ3n) is 5.20. The van der Waals surface area contributed by atoms with Crippen molar-refractivity contribution in [3.8, 4) is 0 Å². The maximum atomic E-state index is 13.0. The molecule has 1 aromatic carbocycles. The number of fused-ring (bicyclic) bond motifs is 1. The zero-order chi connectivity index (χ0) is 18.5. The fourth-order valence-electron chi connectivity index (χ4n) is 3.43. The third kappa shape index (κ3) is 2.39. The number of carbonyl (C=O) groups is 1. The van der Waals surface area contributed by atoms with Crippen molar-refractivity contribution in [3.63, 3.8) is 0 Å². The molecule has 6 nitrogen and oxygen atoms in total. The van der Waals surface area contributed by atoms with Gasteiger partial charge in [-0.15, -0.1) is 16.4 Å². The van der Waals surface area contributed by atoms with Crippen molar-refractivity contribution >= 4 is 33.1 Å². The molecule has 0 aliphatic carbocycles. The number of anilines is 1. The lowest BCUT2D eigenvalue weighted by Gasteiger charge is -2.49. The second-order valence-electron chi connectivity index (χ2n) is 6.66. The Balaban J connectivity index is 1.63. The summed E-state index contributed by atoms with van der Waals surface area (Å²) in [7, 11) is 1.68. The lowest BCUT2D eigenvalue weighted by Crippen LogP contribution is -2.62. The van der Waals surface area contributed by atoms with Crippen LogP contribution >= 0.6 is 11.3 Å². The Morgan fingerprint density at radius 2 is 1.92 bits per heavy atom. The Morgan fingerprint density at radius 1 is 1.23 bits per heavy atom. The number of rotatable bonds is 3. The lowest BCUT2D eigenvalue weighted by molar-refractivity contribution is -0.114. The van der Waals surface area contributed by atoms with E-state index in [1.807, 2.05) is 44.2 Å². The number of carbonyl (C=O) groups excluding carboxylic acids is 1. The number of likely N-dealkylation sites (tertiary alicyclic amines) is 1. The van der Waals surface area contributed by atoms with Gasteiger partial charge in [-0.2, -0.15) is 5.10 Å². The molecular weight excluding hydrogens is 348 g/mol. The van der Waals surface area contributed by atoms with Crippen LogP contribution in [0, 0.1) is 13.8 Å². The van der Waals surface area contributed by atoms with Crippen molar-refractivity contribution in [2.75, 3.05) is 25.9 Å². The zero-order valence-corrected chi connectivity index (χ0v) is 15.8. The minimum absolute atomic E-state index is 0.0776. The molecule has 7 heteroatoms. The standard InChI is InChI=1S/C19H20N4O2S/c1-11-12(2)21-22-17-14(11)15(20)16(26-17)18(24)23-9-19(10-23,25-3)13-7-5-4-6-8-13/h4-8H,9-10,20H2,1-3H3. The lowest BCUT2D eigenvalue weighted by atomic mass is 9.85. The van der Waals surface area contributed by atoms with Crippen LogP contribution in [0.1, 0.15) is 26.5 Å². The van der Waals surface area contributed by atoms with Crippen LogP contribution in [0.3, 0.4) is 0 Å². The number of ether oxygens (including phenoxy) is 1. The molecule has 1 fully saturated rings. The molecule has 0 saturated carbocycles. The van der Waals surface area contributed by atoms with Crippen LogP contribution in [0.4, 0.5) is 5.69 Å². The van der Waals surface area contributed by atoms with Gasteiger partial charge in [0.15, 0.2) is 0 Å². The van der Waals surface area contributed by atoms with E-state index in [1.54, 1.807) is 12.0 Å². The van der Waals surface area contributed by atoms with Crippen LogP contribution in [-0.2, 0) is 10.3 Å². The molecule has 26 heavy (non-hydrogen) atoms. The first-order valence-corrected chi connectivity index (χ1v) is 9.20. The summed E-state index contributed by atoms with van der Waals surface area (Å²) < 4.78 is 5.76. The minimum Gasteiger partial charge on any atom is -0.397 e. The minimum atomic E-state index is -0.450. The molecule has 1 aliphatic heterocycles. The van der Waals surface area contributed by atoms with E-state index in [0.29, 0.717) is 28.5 Å². The highest BCUT2D eigenvalue weighted by Crippen LogP contribution is 2.40. The number of aryl methyl sites for hydroxylation is 2. The molecule has 3 aromatic rings. The molecule has 2 N–H and O–H groups in total. The number of amides is 1. The molecular formula is C19H20N4O2S. The van der Waals surface area contributed by atoms with Gasteiger partial charge in [0.1, 0.15) is 15.3 Å². The van der Waals surface area contributed by atoms with Crippen molar-refractivity contribution in [2.45, 2.75) is 19.4 Å². The number of methoxy groups -OCH3 is 1. The van der Waals surface area contributed by atoms with E-state index in [9.17, 15) is 4.79 Å². The number of nitrogens with zero attached hydrogens (tertiary/aromatic N) is 3. The first-order chi connectivity index (χ1) is 12.5. The van der Waals surface area contributed by atoms with E-state index >= 15 is 0 Å². The Hall–Kier alpha value is -2.51. The van der Waals surface area contributed by atoms with Gasteiger partial charge in [0.25, 0.3) is 5.91 Å². The van der Waals surface area contributed by atoms with Crippen LogP contribution in [-0.4, -0.2) is 41.2 Å². The first-order valence-electron chi connectivity index (χ1n) is 8.38. The van der Waals surface area contributed by atoms with E-state index in [0.717, 1.165) is 22.2 Å². The molecule has 3 heterocycles. The number of thiophene rings is 1. The maximum absolute atomic E-state index is 13.0. The Labute approximate surface area is 155 Å². The second-order valence-corrected chi connectivity index (χ2v) is 7.66. The number of nitrogen functional groups attached to an aromatic ring is 1. The van der Waals surface area contributed by atoms with Gasteiger partial charge in [-0.25, -0.2) is 0 Å². The largest absolute Gasteiger partial charge is 0.397 e. The Bertz CT molecular complexity index is 994. The van der Waals surface area contributed by atoms with Gasteiger partial charge in [0.05, 0.1) is 24.5 Å². The molecule has 0 bridgehead atoms. The molecule has 0 atom stereocenters. The summed E-state index contributed by atoms with van der Waals surface area (Å²) in [4.78, 5) is 16.0. The molecule has 0 spiro atoms. The van der Waals surface area contributed by atoms with E-state index in [4.69, 9.17) is 10.5 Å². The number of benzene rings is 1.